The maximum absolute atomic E-state index is 6.28. The molecule has 26 heavy (non-hydrogen) atoms. The average molecular weight is 413 g/mol. The van der Waals surface area contributed by atoms with Crippen molar-refractivity contribution in [2.24, 2.45) is 0 Å². The summed E-state index contributed by atoms with van der Waals surface area (Å²) in [5, 5.41) is 12.9. The van der Waals surface area contributed by atoms with Gasteiger partial charge in [-0.25, -0.2) is 0 Å². The van der Waals surface area contributed by atoms with Crippen LogP contribution in [0.15, 0.2) is 18.2 Å². The van der Waals surface area contributed by atoms with Crippen molar-refractivity contribution >= 4 is 46.2 Å². The highest BCUT2D eigenvalue weighted by Crippen LogP contribution is 2.25. The normalized spacial score (nSPS) is 16.7. The Morgan fingerprint density at radius 1 is 1.38 bits per heavy atom. The minimum Gasteiger partial charge on any atom is -0.376 e. The monoisotopic (exact) mass is 412 g/mol. The lowest BCUT2D eigenvalue weighted by Gasteiger charge is -2.14. The van der Waals surface area contributed by atoms with Gasteiger partial charge in [0.05, 0.1) is 29.7 Å². The number of ether oxygens (including phenoxy) is 1. The third-order valence-corrected chi connectivity index (χ3v) is 5.30. The molecule has 1 fully saturated rings. The van der Waals surface area contributed by atoms with Crippen molar-refractivity contribution in [3.63, 3.8) is 0 Å². The Kier molecular flexibility index (Phi) is 6.40. The molecule has 1 saturated heterocycles. The number of nitrogens with one attached hydrogen (secondary N) is 2. The van der Waals surface area contributed by atoms with Crippen LogP contribution in [0.1, 0.15) is 29.8 Å². The first-order valence-electron chi connectivity index (χ1n) is 8.58. The Hall–Kier alpha value is -1.34. The second-order valence-corrected chi connectivity index (χ2v) is 7.66. The van der Waals surface area contributed by atoms with E-state index < -0.39 is 0 Å². The van der Waals surface area contributed by atoms with Gasteiger partial charge in [-0.2, -0.15) is 5.10 Å². The number of halogens is 2. The fraction of sp³-hybridized carbons (Fsp3) is 0.444. The van der Waals surface area contributed by atoms with Crippen molar-refractivity contribution in [2.75, 3.05) is 18.5 Å². The summed E-state index contributed by atoms with van der Waals surface area (Å²) in [6, 6.07) is 5.49. The Balaban J connectivity index is 1.66. The average Bonchev–Trinajstić information content (AvgIpc) is 3.20. The number of hydrogen-bond acceptors (Lipinski definition) is 3. The molecule has 0 bridgehead atoms. The molecule has 5 nitrogen and oxygen atoms in total. The molecule has 1 aliphatic heterocycles. The quantitative estimate of drug-likeness (QED) is 0.715. The third kappa shape index (κ3) is 4.68. The van der Waals surface area contributed by atoms with Crippen LogP contribution in [-0.2, 0) is 11.3 Å². The number of aryl methyl sites for hydroxylation is 1. The van der Waals surface area contributed by atoms with Gasteiger partial charge in [0, 0.05) is 23.2 Å². The van der Waals surface area contributed by atoms with Gasteiger partial charge in [0.15, 0.2) is 5.11 Å². The molecule has 0 spiro atoms. The van der Waals surface area contributed by atoms with E-state index in [1.54, 1.807) is 6.07 Å². The van der Waals surface area contributed by atoms with Gasteiger partial charge in [0.25, 0.3) is 0 Å². The van der Waals surface area contributed by atoms with Crippen molar-refractivity contribution in [2.45, 2.75) is 39.3 Å². The van der Waals surface area contributed by atoms with Crippen molar-refractivity contribution in [3.8, 4) is 0 Å². The highest BCUT2D eigenvalue weighted by Gasteiger charge is 2.17. The maximum atomic E-state index is 6.28. The van der Waals surface area contributed by atoms with Crippen molar-refractivity contribution in [3.05, 3.63) is 45.2 Å². The molecule has 0 saturated carbocycles. The zero-order chi connectivity index (χ0) is 18.7. The van der Waals surface area contributed by atoms with E-state index in [0.717, 1.165) is 48.6 Å². The summed E-state index contributed by atoms with van der Waals surface area (Å²) in [6.45, 7) is 6.09. The molecule has 0 radical (unpaired) electrons. The largest absolute Gasteiger partial charge is 0.376 e. The van der Waals surface area contributed by atoms with E-state index in [-0.39, 0.29) is 6.10 Å². The number of anilines is 1. The second-order valence-electron chi connectivity index (χ2n) is 6.41. The van der Waals surface area contributed by atoms with E-state index >= 15 is 0 Å². The number of aromatic nitrogens is 2. The van der Waals surface area contributed by atoms with Crippen LogP contribution in [0, 0.1) is 13.8 Å². The lowest BCUT2D eigenvalue weighted by Crippen LogP contribution is -2.35. The number of hydrogen-bond donors (Lipinski definition) is 2. The van der Waals surface area contributed by atoms with E-state index in [1.807, 2.05) is 30.7 Å². The molecule has 8 heteroatoms. The van der Waals surface area contributed by atoms with Crippen LogP contribution in [-0.4, -0.2) is 34.1 Å². The third-order valence-electron chi connectivity index (χ3n) is 4.47. The van der Waals surface area contributed by atoms with E-state index in [2.05, 4.69) is 15.7 Å². The van der Waals surface area contributed by atoms with Gasteiger partial charge in [-0.1, -0.05) is 29.3 Å². The van der Waals surface area contributed by atoms with E-state index in [9.17, 15) is 0 Å². The molecule has 140 valence electrons. The van der Waals surface area contributed by atoms with Crippen LogP contribution in [0.3, 0.4) is 0 Å². The summed E-state index contributed by atoms with van der Waals surface area (Å²) in [5.41, 5.74) is 3.76. The summed E-state index contributed by atoms with van der Waals surface area (Å²) in [6.07, 6.45) is 2.44. The first kappa shape index (κ1) is 19.4. The summed E-state index contributed by atoms with van der Waals surface area (Å²) < 4.78 is 7.52. The zero-order valence-electron chi connectivity index (χ0n) is 14.8. The van der Waals surface area contributed by atoms with Gasteiger partial charge in [-0.15, -0.1) is 0 Å². The van der Waals surface area contributed by atoms with Crippen LogP contribution in [0.5, 0.6) is 0 Å². The predicted octanol–water partition coefficient (Wildman–Crippen LogP) is 4.32. The summed E-state index contributed by atoms with van der Waals surface area (Å²) in [7, 11) is 0. The molecule has 1 aromatic carbocycles. The predicted molar refractivity (Wildman–Crippen MR) is 110 cm³/mol. The van der Waals surface area contributed by atoms with Crippen LogP contribution in [0.25, 0.3) is 0 Å². The Bertz CT molecular complexity index is 803. The summed E-state index contributed by atoms with van der Waals surface area (Å²) in [4.78, 5) is 0. The van der Waals surface area contributed by atoms with Gasteiger partial charge < -0.3 is 15.4 Å². The molecule has 2 aromatic rings. The molecule has 0 aliphatic carbocycles. The zero-order valence-corrected chi connectivity index (χ0v) is 17.1. The number of thiocarbonyl (C=S) groups is 1. The molecular formula is C18H22Cl2N4OS. The lowest BCUT2D eigenvalue weighted by molar-refractivity contribution is 0.114. The first-order chi connectivity index (χ1) is 12.4. The first-order valence-corrected chi connectivity index (χ1v) is 9.75. The van der Waals surface area contributed by atoms with Crippen molar-refractivity contribution in [1.82, 2.24) is 15.1 Å². The van der Waals surface area contributed by atoms with E-state index in [0.29, 0.717) is 21.7 Å². The molecule has 2 heterocycles. The fourth-order valence-electron chi connectivity index (χ4n) is 3.01. The molecule has 2 N–H and O–H groups in total. The van der Waals surface area contributed by atoms with Gasteiger partial charge in [-0.05, 0) is 56.6 Å². The Morgan fingerprint density at radius 3 is 2.88 bits per heavy atom. The van der Waals surface area contributed by atoms with Crippen LogP contribution in [0.2, 0.25) is 10.0 Å². The standard InChI is InChI=1S/C18H22Cl2N4OS/c1-11-17(22-18(26)21-9-15-4-3-7-25-15)12(2)24(23-11)10-13-5-6-14(19)8-16(13)20/h5-6,8,15H,3-4,7,9-10H2,1-2H3,(H2,21,22,26). The molecule has 1 aliphatic rings. The summed E-state index contributed by atoms with van der Waals surface area (Å²) >= 11 is 17.7. The topological polar surface area (TPSA) is 51.1 Å². The van der Waals surface area contributed by atoms with Gasteiger partial charge in [-0.3, -0.25) is 4.68 Å². The minimum atomic E-state index is 0.242. The Labute approximate surface area is 169 Å². The van der Waals surface area contributed by atoms with Crippen LogP contribution in [0.4, 0.5) is 5.69 Å². The maximum Gasteiger partial charge on any atom is 0.170 e. The van der Waals surface area contributed by atoms with Crippen LogP contribution >= 0.6 is 35.4 Å². The Morgan fingerprint density at radius 2 is 2.19 bits per heavy atom. The lowest BCUT2D eigenvalue weighted by atomic mass is 10.2. The summed E-state index contributed by atoms with van der Waals surface area (Å²) in [5.74, 6) is 0. The smallest absolute Gasteiger partial charge is 0.170 e. The second kappa shape index (κ2) is 8.57. The minimum absolute atomic E-state index is 0.242. The fourth-order valence-corrected chi connectivity index (χ4v) is 3.67. The molecule has 3 rings (SSSR count). The van der Waals surface area contributed by atoms with Gasteiger partial charge >= 0.3 is 0 Å². The van der Waals surface area contributed by atoms with Crippen LogP contribution < -0.4 is 10.6 Å². The van der Waals surface area contributed by atoms with Crippen molar-refractivity contribution < 1.29 is 4.74 Å². The molecule has 0 amide bonds. The molecule has 1 atom stereocenters. The molecule has 1 aromatic heterocycles. The van der Waals surface area contributed by atoms with Crippen molar-refractivity contribution in [1.29, 1.82) is 0 Å². The molecular weight excluding hydrogens is 391 g/mol. The number of nitrogens with zero attached hydrogens (tertiary/aromatic N) is 2. The highest BCUT2D eigenvalue weighted by molar-refractivity contribution is 7.80. The van der Waals surface area contributed by atoms with E-state index in [4.69, 9.17) is 40.2 Å². The molecule has 1 unspecified atom stereocenters. The van der Waals surface area contributed by atoms with E-state index in [1.165, 1.54) is 0 Å². The SMILES string of the molecule is Cc1nn(Cc2ccc(Cl)cc2Cl)c(C)c1NC(=S)NCC1CCCO1. The van der Waals surface area contributed by atoms with Gasteiger partial charge in [0.2, 0.25) is 0 Å². The highest BCUT2D eigenvalue weighted by atomic mass is 35.5. The number of benzene rings is 1. The number of rotatable bonds is 5. The van der Waals surface area contributed by atoms with Gasteiger partial charge in [0.1, 0.15) is 0 Å².